The number of sulfonamides is 1. The number of carbonyl (C=O) groups excluding carboxylic acids is 2. The predicted molar refractivity (Wildman–Crippen MR) is 158 cm³/mol. The van der Waals surface area contributed by atoms with Gasteiger partial charge in [0.25, 0.3) is 10.0 Å². The second kappa shape index (κ2) is 14.0. The number of hydrogen-bond donors (Lipinski definition) is 1. The third kappa shape index (κ3) is 7.65. The number of nitrogens with zero attached hydrogens (tertiary/aromatic N) is 2. The number of amides is 2. The zero-order chi connectivity index (χ0) is 29.4. The fourth-order valence-corrected chi connectivity index (χ4v) is 6.88. The van der Waals surface area contributed by atoms with Gasteiger partial charge in [0, 0.05) is 12.6 Å². The Hall–Kier alpha value is -3.43. The third-order valence-corrected chi connectivity index (χ3v) is 9.43. The lowest BCUT2D eigenvalue weighted by Gasteiger charge is -2.34. The van der Waals surface area contributed by atoms with Crippen LogP contribution in [0.25, 0.3) is 0 Å². The molecule has 1 aliphatic carbocycles. The number of carbonyl (C=O) groups is 2. The molecule has 4 rings (SSSR count). The average molecular weight is 600 g/mol. The van der Waals surface area contributed by atoms with Crippen molar-refractivity contribution in [3.8, 4) is 0 Å². The Balaban J connectivity index is 1.70. The molecule has 3 aromatic carbocycles. The maximum absolute atomic E-state index is 14.1. The molecule has 1 N–H and O–H groups in total. The average Bonchev–Trinajstić information content (AvgIpc) is 2.98. The van der Waals surface area contributed by atoms with Gasteiger partial charge in [0.1, 0.15) is 18.4 Å². The molecule has 0 aliphatic heterocycles. The van der Waals surface area contributed by atoms with Crippen molar-refractivity contribution in [2.45, 2.75) is 69.0 Å². The van der Waals surface area contributed by atoms with Gasteiger partial charge in [-0.2, -0.15) is 0 Å². The van der Waals surface area contributed by atoms with Crippen molar-refractivity contribution in [3.63, 3.8) is 0 Å². The van der Waals surface area contributed by atoms with Crippen molar-refractivity contribution in [2.24, 2.45) is 0 Å². The predicted octanol–water partition coefficient (Wildman–Crippen LogP) is 5.93. The molecule has 3 aromatic rings. The highest BCUT2D eigenvalue weighted by Gasteiger charge is 2.35. The van der Waals surface area contributed by atoms with Gasteiger partial charge < -0.3 is 10.2 Å². The van der Waals surface area contributed by atoms with Crippen molar-refractivity contribution in [3.05, 3.63) is 95.3 Å². The Bertz CT molecular complexity index is 1430. The SMILES string of the molecule is CC[C@H](C(=O)NC1CCCCC1)N(Cc1ccc(F)cc1)C(=O)CN(c1ccccc1Cl)S(=O)(=O)c1ccccc1. The molecule has 1 atom stereocenters. The number of nitrogens with one attached hydrogen (secondary N) is 1. The Morgan fingerprint density at radius 2 is 1.59 bits per heavy atom. The van der Waals surface area contributed by atoms with Crippen molar-refractivity contribution in [1.82, 2.24) is 10.2 Å². The van der Waals surface area contributed by atoms with Gasteiger partial charge in [-0.1, -0.05) is 80.3 Å². The van der Waals surface area contributed by atoms with Crippen molar-refractivity contribution in [1.29, 1.82) is 0 Å². The zero-order valence-corrected chi connectivity index (χ0v) is 24.6. The van der Waals surface area contributed by atoms with E-state index in [2.05, 4.69) is 5.32 Å². The fraction of sp³-hybridized carbons (Fsp3) is 0.355. The lowest BCUT2D eigenvalue weighted by atomic mass is 9.95. The van der Waals surface area contributed by atoms with Crippen LogP contribution in [0.4, 0.5) is 10.1 Å². The summed E-state index contributed by atoms with van der Waals surface area (Å²) >= 11 is 6.44. The summed E-state index contributed by atoms with van der Waals surface area (Å²) in [6.45, 7) is 1.22. The van der Waals surface area contributed by atoms with E-state index in [1.54, 1.807) is 48.5 Å². The van der Waals surface area contributed by atoms with Crippen LogP contribution in [0.1, 0.15) is 51.0 Å². The molecule has 218 valence electrons. The first-order valence-electron chi connectivity index (χ1n) is 13.9. The summed E-state index contributed by atoms with van der Waals surface area (Å²) in [6, 6.07) is 19.1. The topological polar surface area (TPSA) is 86.8 Å². The molecule has 2 amide bonds. The van der Waals surface area contributed by atoms with E-state index >= 15 is 0 Å². The monoisotopic (exact) mass is 599 g/mol. The molecule has 0 bridgehead atoms. The zero-order valence-electron chi connectivity index (χ0n) is 23.0. The van der Waals surface area contributed by atoms with Crippen LogP contribution in [0.2, 0.25) is 5.02 Å². The van der Waals surface area contributed by atoms with Gasteiger partial charge in [-0.05, 0) is 61.2 Å². The quantitative estimate of drug-likeness (QED) is 0.296. The highest BCUT2D eigenvalue weighted by Crippen LogP contribution is 2.31. The van der Waals surface area contributed by atoms with Crippen LogP contribution >= 0.6 is 11.6 Å². The molecule has 1 fully saturated rings. The van der Waals surface area contributed by atoms with Crippen LogP contribution < -0.4 is 9.62 Å². The molecule has 41 heavy (non-hydrogen) atoms. The second-order valence-electron chi connectivity index (χ2n) is 10.2. The van der Waals surface area contributed by atoms with Gasteiger partial charge in [0.05, 0.1) is 15.6 Å². The smallest absolute Gasteiger partial charge is 0.264 e. The molecule has 0 spiro atoms. The summed E-state index contributed by atoms with van der Waals surface area (Å²) < 4.78 is 42.3. The largest absolute Gasteiger partial charge is 0.352 e. The fourth-order valence-electron chi connectivity index (χ4n) is 5.14. The van der Waals surface area contributed by atoms with Crippen LogP contribution in [0.15, 0.2) is 83.8 Å². The van der Waals surface area contributed by atoms with Gasteiger partial charge in [-0.25, -0.2) is 12.8 Å². The lowest BCUT2D eigenvalue weighted by molar-refractivity contribution is -0.140. The summed E-state index contributed by atoms with van der Waals surface area (Å²) in [5.74, 6) is -1.29. The Morgan fingerprint density at radius 3 is 2.22 bits per heavy atom. The van der Waals surface area contributed by atoms with Gasteiger partial charge >= 0.3 is 0 Å². The molecular weight excluding hydrogens is 565 g/mol. The minimum Gasteiger partial charge on any atom is -0.352 e. The molecule has 1 aliphatic rings. The van der Waals surface area contributed by atoms with E-state index in [1.165, 1.54) is 35.2 Å². The number of para-hydroxylation sites is 1. The standard InChI is InChI=1S/C31H35ClFN3O4S/c1-2-28(31(38)34-25-11-5-3-6-12-25)35(21-23-17-19-24(33)20-18-23)30(37)22-36(29-16-10-9-15-27(29)32)41(39,40)26-13-7-4-8-14-26/h4,7-10,13-20,25,28H,2-3,5-6,11-12,21-22H2,1H3,(H,34,38)/t28-/m1/s1. The van der Waals surface area contributed by atoms with Crippen molar-refractivity contribution < 1.29 is 22.4 Å². The van der Waals surface area contributed by atoms with E-state index in [0.29, 0.717) is 12.0 Å². The number of halogens is 2. The second-order valence-corrected chi connectivity index (χ2v) is 12.5. The molecule has 0 saturated heterocycles. The van der Waals surface area contributed by atoms with Crippen LogP contribution in [0.5, 0.6) is 0 Å². The van der Waals surface area contributed by atoms with E-state index in [-0.39, 0.29) is 34.1 Å². The summed E-state index contributed by atoms with van der Waals surface area (Å²) in [5, 5.41) is 3.26. The Labute approximate surface area is 246 Å². The molecule has 1 saturated carbocycles. The van der Waals surface area contributed by atoms with Crippen LogP contribution in [-0.2, 0) is 26.2 Å². The van der Waals surface area contributed by atoms with Gasteiger partial charge in [0.2, 0.25) is 11.8 Å². The summed E-state index contributed by atoms with van der Waals surface area (Å²) in [5.41, 5.74) is 0.756. The minimum absolute atomic E-state index is 0.000104. The first-order chi connectivity index (χ1) is 19.7. The Morgan fingerprint density at radius 1 is 0.951 bits per heavy atom. The highest BCUT2D eigenvalue weighted by molar-refractivity contribution is 7.92. The number of rotatable bonds is 11. The normalized spacial score (nSPS) is 14.7. The number of hydrogen-bond acceptors (Lipinski definition) is 4. The van der Waals surface area contributed by atoms with E-state index in [4.69, 9.17) is 11.6 Å². The van der Waals surface area contributed by atoms with Gasteiger partial charge in [-0.15, -0.1) is 0 Å². The minimum atomic E-state index is -4.21. The van der Waals surface area contributed by atoms with Crippen molar-refractivity contribution in [2.75, 3.05) is 10.8 Å². The first kappa shape index (κ1) is 30.5. The maximum atomic E-state index is 14.1. The van der Waals surface area contributed by atoms with E-state index < -0.39 is 34.3 Å². The lowest BCUT2D eigenvalue weighted by Crippen LogP contribution is -2.54. The summed E-state index contributed by atoms with van der Waals surface area (Å²) in [7, 11) is -4.21. The number of benzene rings is 3. The molecule has 0 aromatic heterocycles. The van der Waals surface area contributed by atoms with Crippen LogP contribution in [0, 0.1) is 5.82 Å². The van der Waals surface area contributed by atoms with Crippen molar-refractivity contribution >= 4 is 39.1 Å². The maximum Gasteiger partial charge on any atom is 0.264 e. The summed E-state index contributed by atoms with van der Waals surface area (Å²) in [4.78, 5) is 29.0. The van der Waals surface area contributed by atoms with Gasteiger partial charge in [-0.3, -0.25) is 13.9 Å². The van der Waals surface area contributed by atoms with E-state index in [1.807, 2.05) is 6.92 Å². The molecule has 0 unspecified atom stereocenters. The summed E-state index contributed by atoms with van der Waals surface area (Å²) in [6.07, 6.45) is 5.26. The molecule has 7 nitrogen and oxygen atoms in total. The van der Waals surface area contributed by atoms with E-state index in [9.17, 15) is 22.4 Å². The number of anilines is 1. The highest BCUT2D eigenvalue weighted by atomic mass is 35.5. The molecule has 0 heterocycles. The molecule has 10 heteroatoms. The Kier molecular flexibility index (Phi) is 10.4. The third-order valence-electron chi connectivity index (χ3n) is 7.33. The molecular formula is C31H35ClFN3O4S. The van der Waals surface area contributed by atoms with Crippen LogP contribution in [-0.4, -0.2) is 43.8 Å². The van der Waals surface area contributed by atoms with Gasteiger partial charge in [0.15, 0.2) is 0 Å². The first-order valence-corrected chi connectivity index (χ1v) is 15.7. The molecule has 0 radical (unpaired) electrons. The van der Waals surface area contributed by atoms with Crippen LogP contribution in [0.3, 0.4) is 0 Å². The van der Waals surface area contributed by atoms with E-state index in [0.717, 1.165) is 36.4 Å².